The molecule has 3 aliphatic rings. The van der Waals surface area contributed by atoms with E-state index >= 15 is 0 Å². The van der Waals surface area contributed by atoms with Crippen LogP contribution in [0.1, 0.15) is 38.7 Å². The smallest absolute Gasteiger partial charge is 0.290 e. The molecule has 2 nitrogen and oxygen atoms in total. The minimum absolute atomic E-state index is 0.0757. The van der Waals surface area contributed by atoms with Crippen LogP contribution in [0.4, 0.5) is 13.2 Å². The van der Waals surface area contributed by atoms with Gasteiger partial charge in [0.05, 0.1) is 5.57 Å². The molecule has 0 spiro atoms. The number of carbonyl (C=O) groups excluding carboxylic acids is 1. The number of alkyl halides is 3. The standard InChI is InChI=1S/C26H26F3NO/c1-16-17(2)30-15-22(26(27,28)29)24(16)21-14-19(13-18-9-5-3-6-10-18)25-20(21)11-7-4-8-12-23(25)31/h3,5-6,8-10,12,14-16,19,24H,4,7,11,13H2,1-2H3. The maximum absolute atomic E-state index is 14.0. The normalized spacial score (nSPS) is 26.7. The van der Waals surface area contributed by atoms with Gasteiger partial charge in [0.2, 0.25) is 0 Å². The lowest BCUT2D eigenvalue weighted by molar-refractivity contribution is -0.111. The topological polar surface area (TPSA) is 29.4 Å². The number of nitrogens with zero attached hydrogens (tertiary/aromatic N) is 1. The van der Waals surface area contributed by atoms with Crippen molar-refractivity contribution in [2.75, 3.05) is 0 Å². The molecule has 0 bridgehead atoms. The minimum atomic E-state index is -4.46. The van der Waals surface area contributed by atoms with E-state index in [0.717, 1.165) is 30.2 Å². The fourth-order valence-corrected chi connectivity index (χ4v) is 4.95. The Morgan fingerprint density at radius 1 is 1.16 bits per heavy atom. The summed E-state index contributed by atoms with van der Waals surface area (Å²) in [6, 6.07) is 9.81. The first kappa shape index (κ1) is 21.5. The Morgan fingerprint density at radius 3 is 2.61 bits per heavy atom. The molecule has 4 rings (SSSR count). The lowest BCUT2D eigenvalue weighted by Gasteiger charge is -2.33. The molecule has 5 heteroatoms. The first-order chi connectivity index (χ1) is 14.8. The van der Waals surface area contributed by atoms with Crippen molar-refractivity contribution in [3.8, 4) is 0 Å². The summed E-state index contributed by atoms with van der Waals surface area (Å²) < 4.78 is 41.9. The molecule has 0 saturated heterocycles. The maximum atomic E-state index is 14.0. The molecule has 1 heterocycles. The number of rotatable bonds is 3. The quantitative estimate of drug-likeness (QED) is 0.539. The Labute approximate surface area is 181 Å². The van der Waals surface area contributed by atoms with E-state index in [1.807, 2.05) is 42.5 Å². The second-order valence-corrected chi connectivity index (χ2v) is 8.59. The van der Waals surface area contributed by atoms with Gasteiger partial charge in [0.25, 0.3) is 0 Å². The number of halogens is 3. The van der Waals surface area contributed by atoms with Crippen LogP contribution in [0.15, 0.2) is 82.0 Å². The van der Waals surface area contributed by atoms with Crippen LogP contribution in [0.2, 0.25) is 0 Å². The van der Waals surface area contributed by atoms with Crippen LogP contribution < -0.4 is 0 Å². The predicted octanol–water partition coefficient (Wildman–Crippen LogP) is 6.56. The summed E-state index contributed by atoms with van der Waals surface area (Å²) in [6.07, 6.45) is 4.72. The van der Waals surface area contributed by atoms with Crippen LogP contribution in [0, 0.1) is 17.8 Å². The molecule has 0 radical (unpaired) electrons. The van der Waals surface area contributed by atoms with Crippen LogP contribution in [0.25, 0.3) is 0 Å². The summed E-state index contributed by atoms with van der Waals surface area (Å²) in [5, 5.41) is 0. The molecular formula is C26H26F3NO. The number of hydrogen-bond donors (Lipinski definition) is 0. The van der Waals surface area contributed by atoms with Crippen molar-refractivity contribution >= 4 is 11.5 Å². The van der Waals surface area contributed by atoms with E-state index in [0.29, 0.717) is 29.7 Å². The van der Waals surface area contributed by atoms with Gasteiger partial charge in [0.1, 0.15) is 0 Å². The summed E-state index contributed by atoms with van der Waals surface area (Å²) in [5.74, 6) is -1.51. The van der Waals surface area contributed by atoms with Crippen LogP contribution in [-0.4, -0.2) is 17.7 Å². The molecule has 31 heavy (non-hydrogen) atoms. The highest BCUT2D eigenvalue weighted by molar-refractivity contribution is 6.06. The average molecular weight is 425 g/mol. The monoisotopic (exact) mass is 425 g/mol. The average Bonchev–Trinajstić information content (AvgIpc) is 3.04. The number of hydrogen-bond acceptors (Lipinski definition) is 2. The van der Waals surface area contributed by atoms with Gasteiger partial charge in [-0.2, -0.15) is 13.2 Å². The van der Waals surface area contributed by atoms with E-state index in [4.69, 9.17) is 0 Å². The third-order valence-electron chi connectivity index (χ3n) is 6.62. The summed E-state index contributed by atoms with van der Waals surface area (Å²) in [6.45, 7) is 3.58. The van der Waals surface area contributed by atoms with E-state index in [-0.39, 0.29) is 17.6 Å². The van der Waals surface area contributed by atoms with E-state index < -0.39 is 17.7 Å². The minimum Gasteiger partial charge on any atom is -0.290 e. The van der Waals surface area contributed by atoms with Crippen molar-refractivity contribution in [2.45, 2.75) is 45.7 Å². The van der Waals surface area contributed by atoms with Gasteiger partial charge < -0.3 is 0 Å². The van der Waals surface area contributed by atoms with Crippen molar-refractivity contribution in [1.82, 2.24) is 0 Å². The third-order valence-corrected chi connectivity index (χ3v) is 6.62. The fourth-order valence-electron chi connectivity index (χ4n) is 4.95. The van der Waals surface area contributed by atoms with Gasteiger partial charge in [-0.1, -0.05) is 49.4 Å². The van der Waals surface area contributed by atoms with Crippen LogP contribution in [0.5, 0.6) is 0 Å². The summed E-state index contributed by atoms with van der Waals surface area (Å²) in [7, 11) is 0. The SMILES string of the molecule is CC1=NC=C(C(F)(F)F)C(C2=CC(Cc3ccccc3)C3=C2CCCC=CC3=O)C1C. The van der Waals surface area contributed by atoms with Crippen LogP contribution in [0.3, 0.4) is 0 Å². The van der Waals surface area contributed by atoms with E-state index in [2.05, 4.69) is 4.99 Å². The van der Waals surface area contributed by atoms with Gasteiger partial charge in [0.15, 0.2) is 5.78 Å². The van der Waals surface area contributed by atoms with E-state index in [9.17, 15) is 18.0 Å². The van der Waals surface area contributed by atoms with E-state index in [1.165, 1.54) is 0 Å². The third kappa shape index (κ3) is 4.23. The number of benzene rings is 1. The van der Waals surface area contributed by atoms with Crippen molar-refractivity contribution in [3.63, 3.8) is 0 Å². The molecule has 3 unspecified atom stereocenters. The number of ketones is 1. The summed E-state index contributed by atoms with van der Waals surface area (Å²) in [4.78, 5) is 17.1. The molecule has 0 N–H and O–H groups in total. The zero-order valence-corrected chi connectivity index (χ0v) is 17.7. The van der Waals surface area contributed by atoms with Crippen molar-refractivity contribution in [1.29, 1.82) is 0 Å². The molecule has 1 aromatic rings. The molecular weight excluding hydrogens is 399 g/mol. The maximum Gasteiger partial charge on any atom is 0.414 e. The zero-order chi connectivity index (χ0) is 22.2. The second-order valence-electron chi connectivity index (χ2n) is 8.59. The highest BCUT2D eigenvalue weighted by atomic mass is 19.4. The summed E-state index contributed by atoms with van der Waals surface area (Å²) >= 11 is 0. The first-order valence-electron chi connectivity index (χ1n) is 10.8. The highest BCUT2D eigenvalue weighted by Gasteiger charge is 2.47. The zero-order valence-electron chi connectivity index (χ0n) is 17.7. The predicted molar refractivity (Wildman–Crippen MR) is 117 cm³/mol. The highest BCUT2D eigenvalue weighted by Crippen LogP contribution is 2.49. The molecule has 2 aliphatic carbocycles. The Morgan fingerprint density at radius 2 is 1.90 bits per heavy atom. The molecule has 0 fully saturated rings. The Balaban J connectivity index is 1.83. The molecule has 3 atom stereocenters. The van der Waals surface area contributed by atoms with Crippen molar-refractivity contribution in [3.05, 3.63) is 82.6 Å². The van der Waals surface area contributed by atoms with Gasteiger partial charge in [-0.3, -0.25) is 9.79 Å². The van der Waals surface area contributed by atoms with Gasteiger partial charge in [-0.25, -0.2) is 0 Å². The molecule has 162 valence electrons. The van der Waals surface area contributed by atoms with Gasteiger partial charge in [-0.15, -0.1) is 0 Å². The second kappa shape index (κ2) is 8.45. The Kier molecular flexibility index (Phi) is 5.87. The largest absolute Gasteiger partial charge is 0.414 e. The van der Waals surface area contributed by atoms with Crippen molar-refractivity contribution < 1.29 is 18.0 Å². The van der Waals surface area contributed by atoms with Gasteiger partial charge in [-0.05, 0) is 55.4 Å². The van der Waals surface area contributed by atoms with Crippen LogP contribution >= 0.6 is 0 Å². The lowest BCUT2D eigenvalue weighted by atomic mass is 9.74. The van der Waals surface area contributed by atoms with E-state index in [1.54, 1.807) is 19.9 Å². The first-order valence-corrected chi connectivity index (χ1v) is 10.8. The lowest BCUT2D eigenvalue weighted by Crippen LogP contribution is -2.32. The number of allylic oxidation sites excluding steroid dienone is 7. The Bertz CT molecular complexity index is 1020. The molecule has 0 saturated carbocycles. The molecule has 0 aromatic heterocycles. The molecule has 1 aromatic carbocycles. The molecule has 0 amide bonds. The van der Waals surface area contributed by atoms with Crippen molar-refractivity contribution in [2.24, 2.45) is 22.7 Å². The van der Waals surface area contributed by atoms with Crippen LogP contribution in [-0.2, 0) is 11.2 Å². The number of carbonyl (C=O) groups is 1. The number of aliphatic imine (C=N–C) groups is 1. The van der Waals surface area contributed by atoms with Gasteiger partial charge in [0, 0.05) is 35.2 Å². The molecule has 1 aliphatic heterocycles. The Hall–Kier alpha value is -2.69. The van der Waals surface area contributed by atoms with Gasteiger partial charge >= 0.3 is 6.18 Å². The summed E-state index contributed by atoms with van der Waals surface area (Å²) in [5.41, 5.74) is 3.29. The fraction of sp³-hybridized carbons (Fsp3) is 0.385.